The third-order valence-corrected chi connectivity index (χ3v) is 3.66. The van der Waals surface area contributed by atoms with Crippen molar-refractivity contribution in [2.45, 2.75) is 52.6 Å². The van der Waals surface area contributed by atoms with Crippen LogP contribution in [0.3, 0.4) is 0 Å². The van der Waals surface area contributed by atoms with E-state index >= 15 is 0 Å². The van der Waals surface area contributed by atoms with Gasteiger partial charge in [-0.3, -0.25) is 10.2 Å². The van der Waals surface area contributed by atoms with Crippen LogP contribution in [-0.2, 0) is 11.2 Å². The maximum absolute atomic E-state index is 12.4. The van der Waals surface area contributed by atoms with Gasteiger partial charge in [-0.1, -0.05) is 45.0 Å². The van der Waals surface area contributed by atoms with E-state index in [1.54, 1.807) is 0 Å². The van der Waals surface area contributed by atoms with Gasteiger partial charge in [-0.2, -0.15) is 0 Å². The molecule has 0 radical (unpaired) electrons. The summed E-state index contributed by atoms with van der Waals surface area (Å²) in [7, 11) is 0. The Kier molecular flexibility index (Phi) is 7.54. The summed E-state index contributed by atoms with van der Waals surface area (Å²) in [4.78, 5) is 16.5. The van der Waals surface area contributed by atoms with E-state index in [9.17, 15) is 4.79 Å². The molecule has 2 atom stereocenters. The van der Waals surface area contributed by atoms with Crippen molar-refractivity contribution in [1.29, 1.82) is 0 Å². The number of aliphatic imine (C=N–C) groups is 1. The fourth-order valence-electron chi connectivity index (χ4n) is 2.29. The summed E-state index contributed by atoms with van der Waals surface area (Å²) in [5.41, 5.74) is 10.1. The Morgan fingerprint density at radius 3 is 2.30 bits per heavy atom. The van der Waals surface area contributed by atoms with Gasteiger partial charge in [-0.15, -0.1) is 0 Å². The maximum Gasteiger partial charge on any atom is 0.228 e. The van der Waals surface area contributed by atoms with Crippen LogP contribution in [-0.4, -0.2) is 18.0 Å². The topological polar surface area (TPSA) is 106 Å². The molecule has 0 fully saturated rings. The lowest BCUT2D eigenvalue weighted by molar-refractivity contribution is -0.122. The van der Waals surface area contributed by atoms with Crippen LogP contribution in [0.1, 0.15) is 51.2 Å². The first-order valence-corrected chi connectivity index (χ1v) is 8.06. The fraction of sp³-hybridized carbons (Fsp3) is 0.529. The molecule has 1 aromatic carbocycles. The second-order valence-electron chi connectivity index (χ2n) is 6.15. The highest BCUT2D eigenvalue weighted by Gasteiger charge is 2.18. The molecule has 6 N–H and O–H groups in total. The number of amides is 1. The highest BCUT2D eigenvalue weighted by atomic mass is 16.2. The summed E-state index contributed by atoms with van der Waals surface area (Å²) in [6.45, 7) is 8.19. The standard InChI is InChI=1S/C17H29N5O/c1-5-15(21-17(18)22-19)20-16(23)12(4)14-8-6-13(7-9-14)10-11(2)3/h6-9,11-12,15H,5,10,19H2,1-4H3,(H,20,23)(H3,18,21,22)/t12-,15+/m1/s1. The Bertz CT molecular complexity index is 524. The Labute approximate surface area is 138 Å². The van der Waals surface area contributed by atoms with Crippen LogP contribution in [0.15, 0.2) is 29.3 Å². The number of guanidine groups is 1. The molecular weight excluding hydrogens is 290 g/mol. The number of rotatable bonds is 7. The molecule has 1 rings (SSSR count). The summed E-state index contributed by atoms with van der Waals surface area (Å²) in [6.07, 6.45) is 1.29. The van der Waals surface area contributed by atoms with Gasteiger partial charge in [0, 0.05) is 0 Å². The van der Waals surface area contributed by atoms with Gasteiger partial charge in [0.15, 0.2) is 0 Å². The normalized spacial score (nSPS) is 14.4. The van der Waals surface area contributed by atoms with Crippen LogP contribution < -0.4 is 22.3 Å². The Morgan fingerprint density at radius 2 is 1.83 bits per heavy atom. The third kappa shape index (κ3) is 6.28. The smallest absolute Gasteiger partial charge is 0.228 e. The zero-order valence-electron chi connectivity index (χ0n) is 14.5. The van der Waals surface area contributed by atoms with Gasteiger partial charge in [0.1, 0.15) is 6.17 Å². The Hall–Kier alpha value is -2.08. The molecule has 0 aromatic heterocycles. The van der Waals surface area contributed by atoms with Crippen molar-refractivity contribution >= 4 is 11.9 Å². The van der Waals surface area contributed by atoms with Crippen molar-refractivity contribution in [3.63, 3.8) is 0 Å². The minimum Gasteiger partial charge on any atom is -0.369 e. The van der Waals surface area contributed by atoms with Crippen LogP contribution in [0.25, 0.3) is 0 Å². The van der Waals surface area contributed by atoms with Gasteiger partial charge in [-0.05, 0) is 36.8 Å². The molecule has 6 heteroatoms. The molecule has 0 saturated carbocycles. The molecule has 1 aromatic rings. The summed E-state index contributed by atoms with van der Waals surface area (Å²) in [5.74, 6) is 5.57. The molecule has 0 aliphatic heterocycles. The van der Waals surface area contributed by atoms with E-state index in [0.29, 0.717) is 12.3 Å². The molecule has 0 saturated heterocycles. The van der Waals surface area contributed by atoms with E-state index in [2.05, 4.69) is 41.7 Å². The lowest BCUT2D eigenvalue weighted by Gasteiger charge is -2.18. The monoisotopic (exact) mass is 319 g/mol. The van der Waals surface area contributed by atoms with Crippen LogP contribution in [0.5, 0.6) is 0 Å². The van der Waals surface area contributed by atoms with Gasteiger partial charge in [-0.25, -0.2) is 10.8 Å². The molecule has 0 bridgehead atoms. The van der Waals surface area contributed by atoms with E-state index in [0.717, 1.165) is 12.0 Å². The largest absolute Gasteiger partial charge is 0.369 e. The minimum absolute atomic E-state index is 0.0815. The van der Waals surface area contributed by atoms with Crippen LogP contribution >= 0.6 is 0 Å². The molecule has 1 amide bonds. The van der Waals surface area contributed by atoms with Crippen LogP contribution in [0, 0.1) is 5.92 Å². The second kappa shape index (κ2) is 9.15. The van der Waals surface area contributed by atoms with E-state index in [1.165, 1.54) is 5.56 Å². The molecule has 0 heterocycles. The minimum atomic E-state index is -0.388. The summed E-state index contributed by atoms with van der Waals surface area (Å²) in [5, 5.41) is 2.87. The SMILES string of the molecule is CC[C@H](/N=C(\N)NN)NC(=O)[C@H](C)c1ccc(CC(C)C)cc1. The number of nitrogens with zero attached hydrogens (tertiary/aromatic N) is 1. The lowest BCUT2D eigenvalue weighted by Crippen LogP contribution is -2.42. The summed E-state index contributed by atoms with van der Waals surface area (Å²) >= 11 is 0. The lowest BCUT2D eigenvalue weighted by atomic mass is 9.96. The highest BCUT2D eigenvalue weighted by Crippen LogP contribution is 2.18. The number of nitrogens with one attached hydrogen (secondary N) is 2. The van der Waals surface area contributed by atoms with Crippen molar-refractivity contribution in [1.82, 2.24) is 10.7 Å². The molecule has 0 aliphatic rings. The van der Waals surface area contributed by atoms with Crippen molar-refractivity contribution in [3.05, 3.63) is 35.4 Å². The van der Waals surface area contributed by atoms with Gasteiger partial charge in [0.05, 0.1) is 5.92 Å². The first kappa shape index (κ1) is 19.0. The number of hydrogen-bond acceptors (Lipinski definition) is 3. The average molecular weight is 319 g/mol. The van der Waals surface area contributed by atoms with Gasteiger partial charge in [0.25, 0.3) is 0 Å². The van der Waals surface area contributed by atoms with Gasteiger partial charge < -0.3 is 11.1 Å². The zero-order valence-corrected chi connectivity index (χ0v) is 14.5. The molecule has 0 aliphatic carbocycles. The molecule has 23 heavy (non-hydrogen) atoms. The quantitative estimate of drug-likeness (QED) is 0.265. The van der Waals surface area contributed by atoms with Crippen LogP contribution in [0.4, 0.5) is 0 Å². The van der Waals surface area contributed by atoms with E-state index < -0.39 is 0 Å². The van der Waals surface area contributed by atoms with Gasteiger partial charge >= 0.3 is 0 Å². The Morgan fingerprint density at radius 1 is 1.22 bits per heavy atom. The molecule has 0 unspecified atom stereocenters. The predicted molar refractivity (Wildman–Crippen MR) is 94.6 cm³/mol. The average Bonchev–Trinajstić information content (AvgIpc) is 2.53. The first-order valence-electron chi connectivity index (χ1n) is 8.06. The van der Waals surface area contributed by atoms with E-state index in [-0.39, 0.29) is 24.0 Å². The van der Waals surface area contributed by atoms with E-state index in [4.69, 9.17) is 11.6 Å². The number of hydrogen-bond donors (Lipinski definition) is 4. The first-order chi connectivity index (χ1) is 10.9. The van der Waals surface area contributed by atoms with Crippen molar-refractivity contribution in [3.8, 4) is 0 Å². The second-order valence-corrected chi connectivity index (χ2v) is 6.15. The predicted octanol–water partition coefficient (Wildman–Crippen LogP) is 1.62. The summed E-state index contributed by atoms with van der Waals surface area (Å²) in [6, 6.07) is 8.21. The number of carbonyl (C=O) groups excluding carboxylic acids is 1. The number of nitrogens with two attached hydrogens (primary N) is 2. The number of benzene rings is 1. The third-order valence-electron chi connectivity index (χ3n) is 3.66. The number of hydrazine groups is 1. The molecule has 6 nitrogen and oxygen atoms in total. The van der Waals surface area contributed by atoms with Crippen molar-refractivity contribution in [2.75, 3.05) is 0 Å². The molecule has 128 valence electrons. The summed E-state index contributed by atoms with van der Waals surface area (Å²) < 4.78 is 0. The molecular formula is C17H29N5O. The fourth-order valence-corrected chi connectivity index (χ4v) is 2.29. The number of carbonyl (C=O) groups is 1. The van der Waals surface area contributed by atoms with Crippen molar-refractivity contribution in [2.24, 2.45) is 22.5 Å². The highest BCUT2D eigenvalue weighted by molar-refractivity contribution is 5.84. The van der Waals surface area contributed by atoms with Gasteiger partial charge in [0.2, 0.25) is 11.9 Å². The van der Waals surface area contributed by atoms with E-state index in [1.807, 2.05) is 26.0 Å². The Balaban J connectivity index is 2.72. The maximum atomic E-state index is 12.4. The zero-order chi connectivity index (χ0) is 17.4. The van der Waals surface area contributed by atoms with Crippen molar-refractivity contribution < 1.29 is 4.79 Å². The van der Waals surface area contributed by atoms with Crippen LogP contribution in [0.2, 0.25) is 0 Å². The molecule has 0 spiro atoms.